The summed E-state index contributed by atoms with van der Waals surface area (Å²) in [6, 6.07) is 5.38. The molecular formula is C10H7ClN4O4. The number of nitro benzene ring substituents is 1. The van der Waals surface area contributed by atoms with E-state index in [-0.39, 0.29) is 22.2 Å². The van der Waals surface area contributed by atoms with E-state index in [1.807, 2.05) is 0 Å². The van der Waals surface area contributed by atoms with Gasteiger partial charge >= 0.3 is 5.69 Å². The second kappa shape index (κ2) is 4.65. The van der Waals surface area contributed by atoms with Crippen molar-refractivity contribution in [2.24, 2.45) is 0 Å². The van der Waals surface area contributed by atoms with Gasteiger partial charge in [0.15, 0.2) is 0 Å². The van der Waals surface area contributed by atoms with E-state index < -0.39 is 9.85 Å². The van der Waals surface area contributed by atoms with E-state index >= 15 is 0 Å². The fraction of sp³-hybridized carbons (Fsp3) is 0.100. The van der Waals surface area contributed by atoms with E-state index in [1.165, 1.54) is 35.9 Å². The molecule has 98 valence electrons. The fourth-order valence-corrected chi connectivity index (χ4v) is 1.93. The minimum Gasteiger partial charge on any atom is -0.258 e. The maximum Gasteiger partial charge on any atom is 0.329 e. The number of benzene rings is 1. The molecule has 1 heterocycles. The van der Waals surface area contributed by atoms with Crippen molar-refractivity contribution in [3.63, 3.8) is 0 Å². The Morgan fingerprint density at radius 2 is 1.74 bits per heavy atom. The highest BCUT2D eigenvalue weighted by molar-refractivity contribution is 6.32. The van der Waals surface area contributed by atoms with Crippen LogP contribution in [0.3, 0.4) is 0 Å². The van der Waals surface area contributed by atoms with E-state index in [0.29, 0.717) is 5.69 Å². The molecule has 8 nitrogen and oxygen atoms in total. The number of nitrogens with zero attached hydrogens (tertiary/aromatic N) is 4. The number of aryl methyl sites for hydroxylation is 1. The quantitative estimate of drug-likeness (QED) is 0.635. The second-order valence-corrected chi connectivity index (χ2v) is 4.03. The van der Waals surface area contributed by atoms with Crippen LogP contribution in [0.25, 0.3) is 5.69 Å². The third kappa shape index (κ3) is 2.25. The van der Waals surface area contributed by atoms with Crippen LogP contribution in [0.5, 0.6) is 0 Å². The third-order valence-electron chi connectivity index (χ3n) is 2.46. The Kier molecular flexibility index (Phi) is 3.17. The van der Waals surface area contributed by atoms with Crippen molar-refractivity contribution in [2.45, 2.75) is 6.92 Å². The minimum absolute atomic E-state index is 0.0850. The molecular weight excluding hydrogens is 276 g/mol. The molecule has 0 atom stereocenters. The summed E-state index contributed by atoms with van der Waals surface area (Å²) < 4.78 is 1.17. The van der Waals surface area contributed by atoms with E-state index in [0.717, 1.165) is 0 Å². The zero-order chi connectivity index (χ0) is 14.2. The molecule has 1 aromatic carbocycles. The summed E-state index contributed by atoms with van der Waals surface area (Å²) in [6.07, 6.45) is 0. The normalized spacial score (nSPS) is 10.4. The molecule has 2 aromatic rings. The SMILES string of the molecule is Cc1nn(-c2ccc([N+](=O)[O-])cc2)c(Cl)c1[N+](=O)[O-]. The molecule has 0 spiro atoms. The van der Waals surface area contributed by atoms with Crippen molar-refractivity contribution in [1.82, 2.24) is 9.78 Å². The summed E-state index contributed by atoms with van der Waals surface area (Å²) in [5, 5.41) is 25.1. The highest BCUT2D eigenvalue weighted by atomic mass is 35.5. The summed E-state index contributed by atoms with van der Waals surface area (Å²) in [5.74, 6) is 0. The van der Waals surface area contributed by atoms with Gasteiger partial charge in [-0.3, -0.25) is 20.2 Å². The predicted molar refractivity (Wildman–Crippen MR) is 66.6 cm³/mol. The van der Waals surface area contributed by atoms with Gasteiger partial charge in [-0.25, -0.2) is 4.68 Å². The smallest absolute Gasteiger partial charge is 0.258 e. The van der Waals surface area contributed by atoms with Crippen LogP contribution in [0.2, 0.25) is 5.15 Å². The highest BCUT2D eigenvalue weighted by Crippen LogP contribution is 2.30. The van der Waals surface area contributed by atoms with Gasteiger partial charge in [0.1, 0.15) is 5.69 Å². The molecule has 0 aliphatic carbocycles. The van der Waals surface area contributed by atoms with Gasteiger partial charge in [-0.05, 0) is 19.1 Å². The monoisotopic (exact) mass is 282 g/mol. The van der Waals surface area contributed by atoms with Crippen LogP contribution in [0.4, 0.5) is 11.4 Å². The Balaban J connectivity index is 2.51. The zero-order valence-electron chi connectivity index (χ0n) is 9.61. The number of halogens is 1. The van der Waals surface area contributed by atoms with Crippen LogP contribution in [-0.4, -0.2) is 19.6 Å². The predicted octanol–water partition coefficient (Wildman–Crippen LogP) is 2.65. The van der Waals surface area contributed by atoms with Crippen molar-refractivity contribution < 1.29 is 9.85 Å². The molecule has 0 unspecified atom stereocenters. The first kappa shape index (κ1) is 13.0. The van der Waals surface area contributed by atoms with Gasteiger partial charge in [0.2, 0.25) is 5.15 Å². The molecule has 0 N–H and O–H groups in total. The first-order chi connectivity index (χ1) is 8.91. The van der Waals surface area contributed by atoms with E-state index in [4.69, 9.17) is 11.6 Å². The van der Waals surface area contributed by atoms with Gasteiger partial charge in [-0.1, -0.05) is 11.6 Å². The Morgan fingerprint density at radius 3 is 2.16 bits per heavy atom. The number of non-ortho nitro benzene ring substituents is 1. The molecule has 0 aliphatic rings. The molecule has 0 bridgehead atoms. The Hall–Kier alpha value is -2.48. The lowest BCUT2D eigenvalue weighted by atomic mass is 10.3. The van der Waals surface area contributed by atoms with Gasteiger partial charge in [0.05, 0.1) is 15.5 Å². The summed E-state index contributed by atoms with van der Waals surface area (Å²) in [4.78, 5) is 20.2. The Labute approximate surface area is 111 Å². The fourth-order valence-electron chi connectivity index (χ4n) is 1.58. The van der Waals surface area contributed by atoms with Gasteiger partial charge < -0.3 is 0 Å². The summed E-state index contributed by atoms with van der Waals surface area (Å²) in [6.45, 7) is 1.46. The van der Waals surface area contributed by atoms with Crippen molar-refractivity contribution in [1.29, 1.82) is 0 Å². The van der Waals surface area contributed by atoms with Crippen LogP contribution in [-0.2, 0) is 0 Å². The van der Waals surface area contributed by atoms with Crippen LogP contribution in [0.1, 0.15) is 5.69 Å². The Bertz CT molecular complexity index is 665. The van der Waals surface area contributed by atoms with Crippen LogP contribution >= 0.6 is 11.6 Å². The highest BCUT2D eigenvalue weighted by Gasteiger charge is 2.24. The first-order valence-corrected chi connectivity index (χ1v) is 5.44. The van der Waals surface area contributed by atoms with Crippen molar-refractivity contribution in [2.75, 3.05) is 0 Å². The molecule has 0 fully saturated rings. The molecule has 2 rings (SSSR count). The van der Waals surface area contributed by atoms with Gasteiger partial charge in [-0.15, -0.1) is 0 Å². The van der Waals surface area contributed by atoms with E-state index in [2.05, 4.69) is 5.10 Å². The van der Waals surface area contributed by atoms with Crippen molar-refractivity contribution in [3.05, 3.63) is 55.3 Å². The largest absolute Gasteiger partial charge is 0.329 e. The number of hydrogen-bond acceptors (Lipinski definition) is 5. The first-order valence-electron chi connectivity index (χ1n) is 5.06. The van der Waals surface area contributed by atoms with E-state index in [9.17, 15) is 20.2 Å². The summed E-state index contributed by atoms with van der Waals surface area (Å²) in [5.41, 5.74) is 0.221. The third-order valence-corrected chi connectivity index (χ3v) is 2.80. The average Bonchev–Trinajstić information content (AvgIpc) is 2.65. The van der Waals surface area contributed by atoms with Crippen LogP contribution in [0.15, 0.2) is 24.3 Å². The number of aromatic nitrogens is 2. The Morgan fingerprint density at radius 1 is 1.16 bits per heavy atom. The second-order valence-electron chi connectivity index (χ2n) is 3.67. The average molecular weight is 283 g/mol. The van der Waals surface area contributed by atoms with Crippen molar-refractivity contribution >= 4 is 23.0 Å². The standard InChI is InChI=1S/C10H7ClN4O4/c1-6-9(15(18)19)10(11)13(12-6)7-2-4-8(5-3-7)14(16)17/h2-5H,1H3. The molecule has 0 aliphatic heterocycles. The number of rotatable bonds is 3. The zero-order valence-corrected chi connectivity index (χ0v) is 10.4. The van der Waals surface area contributed by atoms with Crippen LogP contribution < -0.4 is 0 Å². The number of hydrogen-bond donors (Lipinski definition) is 0. The van der Waals surface area contributed by atoms with E-state index in [1.54, 1.807) is 0 Å². The lowest BCUT2D eigenvalue weighted by molar-refractivity contribution is -0.385. The molecule has 9 heteroatoms. The topological polar surface area (TPSA) is 104 Å². The van der Waals surface area contributed by atoms with Gasteiger partial charge in [0, 0.05) is 12.1 Å². The number of nitro groups is 2. The summed E-state index contributed by atoms with van der Waals surface area (Å²) in [7, 11) is 0. The lowest BCUT2D eigenvalue weighted by Crippen LogP contribution is -1.97. The maximum absolute atomic E-state index is 10.8. The molecule has 0 radical (unpaired) electrons. The maximum atomic E-state index is 10.8. The van der Waals surface area contributed by atoms with Gasteiger partial charge in [0.25, 0.3) is 5.69 Å². The van der Waals surface area contributed by atoms with Crippen molar-refractivity contribution in [3.8, 4) is 5.69 Å². The minimum atomic E-state index is -0.618. The molecule has 0 saturated carbocycles. The van der Waals surface area contributed by atoms with Gasteiger partial charge in [-0.2, -0.15) is 5.10 Å². The molecule has 19 heavy (non-hydrogen) atoms. The molecule has 0 saturated heterocycles. The molecule has 0 amide bonds. The lowest BCUT2D eigenvalue weighted by Gasteiger charge is -2.01. The van der Waals surface area contributed by atoms with Crippen LogP contribution in [0, 0.1) is 27.2 Å². The summed E-state index contributed by atoms with van der Waals surface area (Å²) >= 11 is 5.89. The molecule has 1 aromatic heterocycles.